The Morgan fingerprint density at radius 2 is 2.10 bits per heavy atom. The van der Waals surface area contributed by atoms with Gasteiger partial charge < -0.3 is 10.2 Å². The molecule has 3 unspecified atom stereocenters. The molecule has 1 aliphatic carbocycles. The number of hydrogen-bond acceptors (Lipinski definition) is 2. The van der Waals surface area contributed by atoms with Gasteiger partial charge in [0.05, 0.1) is 0 Å². The highest BCUT2D eigenvalue weighted by Gasteiger charge is 2.31. The van der Waals surface area contributed by atoms with E-state index in [1.807, 2.05) is 0 Å². The van der Waals surface area contributed by atoms with E-state index in [4.69, 9.17) is 0 Å². The van der Waals surface area contributed by atoms with Gasteiger partial charge in [-0.2, -0.15) is 0 Å². The first-order valence-corrected chi connectivity index (χ1v) is 8.82. The van der Waals surface area contributed by atoms with Crippen LogP contribution >= 0.6 is 0 Å². The minimum atomic E-state index is 0.710. The molecule has 1 aromatic rings. The highest BCUT2D eigenvalue weighted by Crippen LogP contribution is 2.34. The van der Waals surface area contributed by atoms with Gasteiger partial charge in [0.25, 0.3) is 0 Å². The van der Waals surface area contributed by atoms with Gasteiger partial charge in [-0.15, -0.1) is 0 Å². The Labute approximate surface area is 129 Å². The molecule has 1 heterocycles. The zero-order valence-corrected chi connectivity index (χ0v) is 13.6. The van der Waals surface area contributed by atoms with Gasteiger partial charge in [0.1, 0.15) is 0 Å². The second-order valence-corrected chi connectivity index (χ2v) is 6.92. The summed E-state index contributed by atoms with van der Waals surface area (Å²) in [5.41, 5.74) is 3.05. The summed E-state index contributed by atoms with van der Waals surface area (Å²) in [4.78, 5) is 2.66. The van der Waals surface area contributed by atoms with Crippen LogP contribution in [0.4, 0.5) is 5.69 Å². The molecule has 116 valence electrons. The van der Waals surface area contributed by atoms with Crippen molar-refractivity contribution >= 4 is 5.69 Å². The third kappa shape index (κ3) is 3.26. The molecular weight excluding hydrogens is 256 g/mol. The molecular formula is C19H30N2. The summed E-state index contributed by atoms with van der Waals surface area (Å²) in [6.07, 6.45) is 8.09. The number of fused-ring (bicyclic) bond motifs is 1. The zero-order chi connectivity index (χ0) is 14.7. The van der Waals surface area contributed by atoms with Crippen molar-refractivity contribution in [3.05, 3.63) is 29.8 Å². The van der Waals surface area contributed by atoms with Crippen LogP contribution in [0.2, 0.25) is 0 Å². The Morgan fingerprint density at radius 3 is 2.90 bits per heavy atom. The van der Waals surface area contributed by atoms with Crippen molar-refractivity contribution in [2.24, 2.45) is 11.8 Å². The molecule has 3 rings (SSSR count). The summed E-state index contributed by atoms with van der Waals surface area (Å²) >= 11 is 0. The minimum absolute atomic E-state index is 0.710. The first kappa shape index (κ1) is 14.9. The van der Waals surface area contributed by atoms with Gasteiger partial charge in [-0.05, 0) is 62.6 Å². The predicted molar refractivity (Wildman–Crippen MR) is 90.9 cm³/mol. The normalized spacial score (nSPS) is 29.2. The standard InChI is InChI=1S/C19H30N2/c1-3-15-10-11-18(20-2)17(13-15)14-21-12-6-8-16-7-4-5-9-19(16)21/h4-5,7,9,15,17-18,20H,3,6,8,10-14H2,1-2H3. The lowest BCUT2D eigenvalue weighted by Crippen LogP contribution is -2.45. The molecule has 2 heteroatoms. The summed E-state index contributed by atoms with van der Waals surface area (Å²) in [5.74, 6) is 1.75. The Kier molecular flexibility index (Phi) is 4.84. The number of hydrogen-bond donors (Lipinski definition) is 1. The number of nitrogens with zero attached hydrogens (tertiary/aromatic N) is 1. The summed E-state index contributed by atoms with van der Waals surface area (Å²) < 4.78 is 0. The van der Waals surface area contributed by atoms with E-state index in [2.05, 4.69) is 48.5 Å². The number of nitrogens with one attached hydrogen (secondary N) is 1. The molecule has 0 aromatic heterocycles. The van der Waals surface area contributed by atoms with E-state index >= 15 is 0 Å². The van der Waals surface area contributed by atoms with Crippen molar-refractivity contribution < 1.29 is 0 Å². The fourth-order valence-electron chi connectivity index (χ4n) is 4.40. The van der Waals surface area contributed by atoms with Crippen LogP contribution in [0.5, 0.6) is 0 Å². The molecule has 1 N–H and O–H groups in total. The van der Waals surface area contributed by atoms with Gasteiger partial charge in [0.2, 0.25) is 0 Å². The van der Waals surface area contributed by atoms with Gasteiger partial charge in [-0.3, -0.25) is 0 Å². The quantitative estimate of drug-likeness (QED) is 0.904. The molecule has 1 saturated carbocycles. The first-order valence-electron chi connectivity index (χ1n) is 8.82. The molecule has 2 nitrogen and oxygen atoms in total. The third-order valence-corrected chi connectivity index (χ3v) is 5.70. The van der Waals surface area contributed by atoms with Crippen LogP contribution in [0.3, 0.4) is 0 Å². The second-order valence-electron chi connectivity index (χ2n) is 6.92. The lowest BCUT2D eigenvalue weighted by molar-refractivity contribution is 0.208. The van der Waals surface area contributed by atoms with E-state index in [1.54, 1.807) is 5.56 Å². The molecule has 1 aliphatic heterocycles. The van der Waals surface area contributed by atoms with Crippen LogP contribution in [0.25, 0.3) is 0 Å². The monoisotopic (exact) mass is 286 g/mol. The lowest BCUT2D eigenvalue weighted by Gasteiger charge is -2.41. The largest absolute Gasteiger partial charge is 0.371 e. The van der Waals surface area contributed by atoms with Crippen molar-refractivity contribution in [2.45, 2.75) is 51.5 Å². The first-order chi connectivity index (χ1) is 10.3. The van der Waals surface area contributed by atoms with Crippen LogP contribution in [0.15, 0.2) is 24.3 Å². The molecule has 0 radical (unpaired) electrons. The predicted octanol–water partition coefficient (Wildman–Crippen LogP) is 3.85. The van der Waals surface area contributed by atoms with Crippen molar-refractivity contribution in [2.75, 3.05) is 25.0 Å². The number of rotatable bonds is 4. The summed E-state index contributed by atoms with van der Waals surface area (Å²) in [5, 5.41) is 3.59. The topological polar surface area (TPSA) is 15.3 Å². The van der Waals surface area contributed by atoms with Gasteiger partial charge >= 0.3 is 0 Å². The van der Waals surface area contributed by atoms with E-state index in [0.29, 0.717) is 6.04 Å². The van der Waals surface area contributed by atoms with Gasteiger partial charge in [0.15, 0.2) is 0 Å². The third-order valence-electron chi connectivity index (χ3n) is 5.70. The SMILES string of the molecule is CCC1CCC(NC)C(CN2CCCc3ccccc32)C1. The Bertz CT molecular complexity index is 457. The van der Waals surface area contributed by atoms with Gasteiger partial charge in [-0.1, -0.05) is 31.5 Å². The fourth-order valence-corrected chi connectivity index (χ4v) is 4.40. The number of anilines is 1. The zero-order valence-electron chi connectivity index (χ0n) is 13.6. The Balaban J connectivity index is 1.73. The molecule has 0 bridgehead atoms. The minimum Gasteiger partial charge on any atom is -0.371 e. The fraction of sp³-hybridized carbons (Fsp3) is 0.684. The van der Waals surface area contributed by atoms with E-state index in [-0.39, 0.29) is 0 Å². The maximum Gasteiger partial charge on any atom is 0.0398 e. The van der Waals surface area contributed by atoms with Crippen LogP contribution in [-0.4, -0.2) is 26.2 Å². The van der Waals surface area contributed by atoms with E-state index in [1.165, 1.54) is 57.3 Å². The molecule has 0 saturated heterocycles. The Hall–Kier alpha value is -1.02. The lowest BCUT2D eigenvalue weighted by atomic mass is 9.76. The second kappa shape index (κ2) is 6.83. The summed E-state index contributed by atoms with van der Waals surface area (Å²) in [6.45, 7) is 4.83. The van der Waals surface area contributed by atoms with Crippen LogP contribution in [0, 0.1) is 11.8 Å². The molecule has 0 amide bonds. The van der Waals surface area contributed by atoms with Crippen molar-refractivity contribution in [3.63, 3.8) is 0 Å². The Morgan fingerprint density at radius 1 is 1.24 bits per heavy atom. The smallest absolute Gasteiger partial charge is 0.0398 e. The molecule has 1 fully saturated rings. The van der Waals surface area contributed by atoms with E-state index in [9.17, 15) is 0 Å². The van der Waals surface area contributed by atoms with Crippen molar-refractivity contribution in [1.82, 2.24) is 5.32 Å². The number of aryl methyl sites for hydroxylation is 1. The van der Waals surface area contributed by atoms with Gasteiger partial charge in [0, 0.05) is 24.8 Å². The summed E-state index contributed by atoms with van der Waals surface area (Å²) in [6, 6.07) is 9.73. The van der Waals surface area contributed by atoms with Crippen molar-refractivity contribution in [1.29, 1.82) is 0 Å². The molecule has 2 aliphatic rings. The van der Waals surface area contributed by atoms with E-state index in [0.717, 1.165) is 11.8 Å². The molecule has 21 heavy (non-hydrogen) atoms. The highest BCUT2D eigenvalue weighted by atomic mass is 15.1. The molecule has 3 atom stereocenters. The molecule has 0 spiro atoms. The molecule has 1 aromatic carbocycles. The highest BCUT2D eigenvalue weighted by molar-refractivity contribution is 5.55. The average Bonchev–Trinajstić information content (AvgIpc) is 2.55. The van der Waals surface area contributed by atoms with Crippen LogP contribution in [0.1, 0.15) is 44.6 Å². The average molecular weight is 286 g/mol. The number of para-hydroxylation sites is 1. The van der Waals surface area contributed by atoms with Crippen LogP contribution in [-0.2, 0) is 6.42 Å². The summed E-state index contributed by atoms with van der Waals surface area (Å²) in [7, 11) is 2.15. The number of benzene rings is 1. The van der Waals surface area contributed by atoms with Gasteiger partial charge in [-0.25, -0.2) is 0 Å². The van der Waals surface area contributed by atoms with Crippen molar-refractivity contribution in [3.8, 4) is 0 Å². The maximum atomic E-state index is 3.59. The maximum absolute atomic E-state index is 3.59. The van der Waals surface area contributed by atoms with Crippen LogP contribution < -0.4 is 10.2 Å². The van der Waals surface area contributed by atoms with E-state index < -0.39 is 0 Å².